The first kappa shape index (κ1) is 15.7. The summed E-state index contributed by atoms with van der Waals surface area (Å²) in [5.41, 5.74) is 0.622. The molecule has 2 N–H and O–H groups in total. The van der Waals surface area contributed by atoms with E-state index in [-0.39, 0.29) is 5.88 Å². The molecule has 0 aliphatic rings. The fourth-order valence-corrected chi connectivity index (χ4v) is 1.97. The molecule has 0 bridgehead atoms. The Balaban J connectivity index is 1.72. The highest BCUT2D eigenvalue weighted by molar-refractivity contribution is 5.51. The van der Waals surface area contributed by atoms with Crippen LogP contribution >= 0.6 is 0 Å². The zero-order valence-corrected chi connectivity index (χ0v) is 12.8. The van der Waals surface area contributed by atoms with Crippen molar-refractivity contribution in [2.75, 3.05) is 19.1 Å². The second kappa shape index (κ2) is 7.36. The maximum Gasteiger partial charge on any atom is 0.234 e. The quantitative estimate of drug-likeness (QED) is 0.686. The van der Waals surface area contributed by atoms with Crippen LogP contribution in [0.2, 0.25) is 0 Å². The molecular formula is C15H15FN6O2. The molecule has 0 saturated carbocycles. The van der Waals surface area contributed by atoms with Crippen molar-refractivity contribution < 1.29 is 13.9 Å². The van der Waals surface area contributed by atoms with E-state index in [0.717, 1.165) is 0 Å². The summed E-state index contributed by atoms with van der Waals surface area (Å²) in [6, 6.07) is 5.12. The molecule has 124 valence electrons. The Morgan fingerprint density at radius 2 is 2.17 bits per heavy atom. The summed E-state index contributed by atoms with van der Waals surface area (Å²) in [6.45, 7) is -0.707. The minimum absolute atomic E-state index is 0.189. The highest BCUT2D eigenvalue weighted by atomic mass is 19.1. The van der Waals surface area contributed by atoms with Crippen LogP contribution in [-0.4, -0.2) is 38.9 Å². The van der Waals surface area contributed by atoms with Gasteiger partial charge < -0.3 is 14.8 Å². The molecule has 9 heteroatoms. The summed E-state index contributed by atoms with van der Waals surface area (Å²) >= 11 is 0. The second-order valence-corrected chi connectivity index (χ2v) is 4.74. The SMILES string of the molecule is COc1cc(Nc2cncc(O[C@@H](CF)c3cccnc3)n2)n[nH]1. The van der Waals surface area contributed by atoms with E-state index in [9.17, 15) is 4.39 Å². The van der Waals surface area contributed by atoms with Crippen molar-refractivity contribution in [3.05, 3.63) is 48.5 Å². The number of anilines is 2. The van der Waals surface area contributed by atoms with Crippen molar-refractivity contribution in [3.8, 4) is 11.8 Å². The van der Waals surface area contributed by atoms with Crippen molar-refractivity contribution >= 4 is 11.6 Å². The van der Waals surface area contributed by atoms with Crippen molar-refractivity contribution in [1.29, 1.82) is 0 Å². The van der Waals surface area contributed by atoms with Gasteiger partial charge in [0.15, 0.2) is 17.7 Å². The molecule has 3 heterocycles. The number of aromatic amines is 1. The average molecular weight is 330 g/mol. The van der Waals surface area contributed by atoms with Crippen LogP contribution in [-0.2, 0) is 0 Å². The van der Waals surface area contributed by atoms with Crippen LogP contribution in [0.4, 0.5) is 16.0 Å². The third-order valence-corrected chi connectivity index (χ3v) is 3.10. The molecule has 3 aromatic rings. The lowest BCUT2D eigenvalue weighted by Crippen LogP contribution is -2.11. The number of pyridine rings is 1. The molecule has 24 heavy (non-hydrogen) atoms. The lowest BCUT2D eigenvalue weighted by atomic mass is 10.2. The molecular weight excluding hydrogens is 315 g/mol. The zero-order valence-electron chi connectivity index (χ0n) is 12.8. The van der Waals surface area contributed by atoms with Gasteiger partial charge in [-0.2, -0.15) is 10.1 Å². The molecule has 0 spiro atoms. The number of halogens is 1. The summed E-state index contributed by atoms with van der Waals surface area (Å²) in [7, 11) is 1.53. The number of H-pyrrole nitrogens is 1. The molecule has 3 aromatic heterocycles. The van der Waals surface area contributed by atoms with Gasteiger partial charge in [-0.05, 0) is 6.07 Å². The normalized spacial score (nSPS) is 11.8. The molecule has 0 aromatic carbocycles. The molecule has 0 saturated heterocycles. The smallest absolute Gasteiger partial charge is 0.234 e. The lowest BCUT2D eigenvalue weighted by molar-refractivity contribution is 0.159. The van der Waals surface area contributed by atoms with Gasteiger partial charge in [-0.25, -0.2) is 9.49 Å². The number of ether oxygens (including phenoxy) is 2. The van der Waals surface area contributed by atoms with E-state index in [0.29, 0.717) is 23.1 Å². The number of nitrogens with zero attached hydrogens (tertiary/aromatic N) is 4. The summed E-state index contributed by atoms with van der Waals surface area (Å²) in [4.78, 5) is 12.2. The van der Waals surface area contributed by atoms with Crippen LogP contribution in [0, 0.1) is 0 Å². The molecule has 0 aliphatic heterocycles. The third kappa shape index (κ3) is 3.75. The Morgan fingerprint density at radius 3 is 2.88 bits per heavy atom. The monoisotopic (exact) mass is 330 g/mol. The second-order valence-electron chi connectivity index (χ2n) is 4.74. The fourth-order valence-electron chi connectivity index (χ4n) is 1.97. The van der Waals surface area contributed by atoms with Gasteiger partial charge >= 0.3 is 0 Å². The minimum Gasteiger partial charge on any atom is -0.481 e. The van der Waals surface area contributed by atoms with E-state index < -0.39 is 12.8 Å². The molecule has 3 rings (SSSR count). The molecule has 0 unspecified atom stereocenters. The number of aromatic nitrogens is 5. The molecule has 0 amide bonds. The number of rotatable bonds is 7. The molecule has 0 fully saturated rings. The van der Waals surface area contributed by atoms with Crippen molar-refractivity contribution in [2.45, 2.75) is 6.10 Å². The number of methoxy groups -OCH3 is 1. The summed E-state index contributed by atoms with van der Waals surface area (Å²) in [6.07, 6.45) is 5.28. The summed E-state index contributed by atoms with van der Waals surface area (Å²) in [5, 5.41) is 9.63. The van der Waals surface area contributed by atoms with Gasteiger partial charge in [-0.1, -0.05) is 6.07 Å². The largest absolute Gasteiger partial charge is 0.481 e. The first-order valence-electron chi connectivity index (χ1n) is 7.09. The van der Waals surface area contributed by atoms with Crippen LogP contribution < -0.4 is 14.8 Å². The summed E-state index contributed by atoms with van der Waals surface area (Å²) < 4.78 is 23.9. The molecule has 0 aliphatic carbocycles. The fraction of sp³-hybridized carbons (Fsp3) is 0.200. The molecule has 1 atom stereocenters. The predicted octanol–water partition coefficient (Wildman–Crippen LogP) is 2.44. The Labute approximate surface area is 137 Å². The van der Waals surface area contributed by atoms with Gasteiger partial charge in [0, 0.05) is 24.0 Å². The molecule has 8 nitrogen and oxygen atoms in total. The first-order chi connectivity index (χ1) is 11.8. The lowest BCUT2D eigenvalue weighted by Gasteiger charge is -2.15. The highest BCUT2D eigenvalue weighted by Gasteiger charge is 2.15. The summed E-state index contributed by atoms with van der Waals surface area (Å²) in [5.74, 6) is 1.61. The molecule has 0 radical (unpaired) electrons. The van der Waals surface area contributed by atoms with E-state index in [1.807, 2.05) is 0 Å². The Morgan fingerprint density at radius 1 is 1.25 bits per heavy atom. The Bertz CT molecular complexity index is 782. The third-order valence-electron chi connectivity index (χ3n) is 3.10. The first-order valence-corrected chi connectivity index (χ1v) is 7.09. The average Bonchev–Trinajstić information content (AvgIpc) is 3.08. The van der Waals surface area contributed by atoms with E-state index >= 15 is 0 Å². The number of hydrogen-bond donors (Lipinski definition) is 2. The van der Waals surface area contributed by atoms with Crippen LogP contribution in [0.5, 0.6) is 11.8 Å². The predicted molar refractivity (Wildman–Crippen MR) is 84.0 cm³/mol. The minimum atomic E-state index is -0.797. The van der Waals surface area contributed by atoms with E-state index in [4.69, 9.17) is 9.47 Å². The van der Waals surface area contributed by atoms with Gasteiger partial charge in [0.2, 0.25) is 11.8 Å². The van der Waals surface area contributed by atoms with Gasteiger partial charge in [-0.15, -0.1) is 0 Å². The van der Waals surface area contributed by atoms with Gasteiger partial charge in [0.05, 0.1) is 19.5 Å². The van der Waals surface area contributed by atoms with Crippen molar-refractivity contribution in [3.63, 3.8) is 0 Å². The van der Waals surface area contributed by atoms with Gasteiger partial charge in [0.1, 0.15) is 6.67 Å². The van der Waals surface area contributed by atoms with Crippen LogP contribution in [0.25, 0.3) is 0 Å². The number of nitrogens with one attached hydrogen (secondary N) is 2. The number of hydrogen-bond acceptors (Lipinski definition) is 7. The standard InChI is InChI=1S/C15H15FN6O2/c1-23-14-5-12(21-22-14)19-13-8-18-9-15(20-13)24-11(6-16)10-3-2-4-17-7-10/h2-5,7-9,11H,6H2,1H3,(H2,19,20,21,22)/t11-/m0/s1. The van der Waals surface area contributed by atoms with E-state index in [2.05, 4.69) is 30.5 Å². The van der Waals surface area contributed by atoms with Gasteiger partial charge in [0.25, 0.3) is 0 Å². The van der Waals surface area contributed by atoms with Crippen molar-refractivity contribution in [2.24, 2.45) is 0 Å². The highest BCUT2D eigenvalue weighted by Crippen LogP contribution is 2.22. The van der Waals surface area contributed by atoms with Crippen LogP contribution in [0.1, 0.15) is 11.7 Å². The maximum absolute atomic E-state index is 13.3. The zero-order chi connectivity index (χ0) is 16.8. The van der Waals surface area contributed by atoms with E-state index in [1.54, 1.807) is 30.6 Å². The number of alkyl halides is 1. The van der Waals surface area contributed by atoms with Crippen LogP contribution in [0.3, 0.4) is 0 Å². The van der Waals surface area contributed by atoms with Crippen molar-refractivity contribution in [1.82, 2.24) is 25.1 Å². The Kier molecular flexibility index (Phi) is 4.80. The topological polar surface area (TPSA) is 97.8 Å². The van der Waals surface area contributed by atoms with E-state index in [1.165, 1.54) is 19.5 Å². The van der Waals surface area contributed by atoms with Crippen LogP contribution in [0.15, 0.2) is 43.0 Å². The maximum atomic E-state index is 13.3. The Hall–Kier alpha value is -3.23. The van der Waals surface area contributed by atoms with Gasteiger partial charge in [-0.3, -0.25) is 9.97 Å².